The third-order valence-electron chi connectivity index (χ3n) is 5.22. The van der Waals surface area contributed by atoms with Crippen molar-refractivity contribution in [3.8, 4) is 22.4 Å². The van der Waals surface area contributed by atoms with E-state index in [4.69, 9.17) is 4.42 Å². The van der Waals surface area contributed by atoms with E-state index in [1.165, 1.54) is 18.2 Å². The molecule has 0 saturated carbocycles. The van der Waals surface area contributed by atoms with Gasteiger partial charge >= 0.3 is 0 Å². The maximum atomic E-state index is 14.8. The standard InChI is InChI=1S/C24H17F2N2O/c1-14-12-18(25)22-17-9-11-20(26)27-24(17)29-23(22)21(14)19-10-8-16(13-28(19)2)15-6-4-3-5-7-15/h3-13H,1-2H3/q+1. The Labute approximate surface area is 165 Å². The molecule has 142 valence electrons. The molecule has 5 rings (SSSR count). The number of furan rings is 1. The summed E-state index contributed by atoms with van der Waals surface area (Å²) < 4.78 is 36.2. The second-order valence-corrected chi connectivity index (χ2v) is 7.12. The first-order valence-electron chi connectivity index (χ1n) is 9.26. The van der Waals surface area contributed by atoms with Gasteiger partial charge in [0.15, 0.2) is 11.8 Å². The van der Waals surface area contributed by atoms with Crippen LogP contribution in [0.1, 0.15) is 5.56 Å². The molecule has 0 bridgehead atoms. The number of hydrogen-bond acceptors (Lipinski definition) is 2. The molecule has 0 aliphatic heterocycles. The Morgan fingerprint density at radius 3 is 2.48 bits per heavy atom. The van der Waals surface area contributed by atoms with Crippen molar-refractivity contribution < 1.29 is 17.8 Å². The van der Waals surface area contributed by atoms with Crippen molar-refractivity contribution in [3.63, 3.8) is 0 Å². The van der Waals surface area contributed by atoms with Crippen molar-refractivity contribution in [3.05, 3.63) is 84.2 Å². The first kappa shape index (κ1) is 17.5. The summed E-state index contributed by atoms with van der Waals surface area (Å²) in [5.74, 6) is -1.06. The fourth-order valence-electron chi connectivity index (χ4n) is 3.87. The summed E-state index contributed by atoms with van der Waals surface area (Å²) in [7, 11) is 1.94. The second-order valence-electron chi connectivity index (χ2n) is 7.12. The fourth-order valence-corrected chi connectivity index (χ4v) is 3.87. The zero-order valence-electron chi connectivity index (χ0n) is 15.9. The van der Waals surface area contributed by atoms with Gasteiger partial charge in [-0.15, -0.1) is 0 Å². The lowest BCUT2D eigenvalue weighted by Gasteiger charge is -2.08. The summed E-state index contributed by atoms with van der Waals surface area (Å²) in [5, 5.41) is 0.781. The lowest BCUT2D eigenvalue weighted by Crippen LogP contribution is -2.31. The van der Waals surface area contributed by atoms with Gasteiger partial charge in [0.25, 0.3) is 0 Å². The van der Waals surface area contributed by atoms with E-state index in [0.717, 1.165) is 27.9 Å². The van der Waals surface area contributed by atoms with Crippen LogP contribution in [-0.4, -0.2) is 4.98 Å². The maximum absolute atomic E-state index is 14.8. The highest BCUT2D eigenvalue weighted by Gasteiger charge is 2.24. The molecule has 5 aromatic rings. The van der Waals surface area contributed by atoms with Crippen LogP contribution >= 0.6 is 0 Å². The molecule has 3 nitrogen and oxygen atoms in total. The number of fused-ring (bicyclic) bond motifs is 3. The predicted molar refractivity (Wildman–Crippen MR) is 108 cm³/mol. The molecule has 0 aliphatic carbocycles. The van der Waals surface area contributed by atoms with Gasteiger partial charge in [-0.05, 0) is 42.3 Å². The average molecular weight is 387 g/mol. The van der Waals surface area contributed by atoms with Crippen LogP contribution in [0.5, 0.6) is 0 Å². The fraction of sp³-hybridized carbons (Fsp3) is 0.0833. The number of hydrogen-bond donors (Lipinski definition) is 0. The van der Waals surface area contributed by atoms with E-state index in [9.17, 15) is 8.78 Å². The third kappa shape index (κ3) is 2.78. The van der Waals surface area contributed by atoms with Crippen molar-refractivity contribution in [2.24, 2.45) is 7.05 Å². The molecular weight excluding hydrogens is 370 g/mol. The van der Waals surface area contributed by atoms with Gasteiger partial charge in [-0.25, -0.2) is 8.96 Å². The highest BCUT2D eigenvalue weighted by molar-refractivity contribution is 6.09. The van der Waals surface area contributed by atoms with Crippen LogP contribution in [-0.2, 0) is 7.05 Å². The van der Waals surface area contributed by atoms with Gasteiger partial charge in [0.05, 0.1) is 16.3 Å². The van der Waals surface area contributed by atoms with Crippen molar-refractivity contribution >= 4 is 22.1 Å². The maximum Gasteiger partial charge on any atom is 0.230 e. The van der Waals surface area contributed by atoms with E-state index in [0.29, 0.717) is 16.4 Å². The molecular formula is C24H17F2N2O+. The molecule has 0 saturated heterocycles. The van der Waals surface area contributed by atoms with Crippen LogP contribution in [0, 0.1) is 18.7 Å². The average Bonchev–Trinajstić information content (AvgIpc) is 3.08. The van der Waals surface area contributed by atoms with Gasteiger partial charge < -0.3 is 4.42 Å². The van der Waals surface area contributed by atoms with Crippen molar-refractivity contribution in [1.29, 1.82) is 0 Å². The van der Waals surface area contributed by atoms with Crippen LogP contribution < -0.4 is 4.57 Å². The monoisotopic (exact) mass is 387 g/mol. The SMILES string of the molecule is Cc1cc(F)c2c(oc3nc(F)ccc32)c1-c1ccc(-c2ccccc2)c[n+]1C. The van der Waals surface area contributed by atoms with E-state index in [2.05, 4.69) is 17.1 Å². The van der Waals surface area contributed by atoms with E-state index in [-0.39, 0.29) is 5.71 Å². The lowest BCUT2D eigenvalue weighted by molar-refractivity contribution is -0.659. The van der Waals surface area contributed by atoms with Gasteiger partial charge in [0, 0.05) is 11.6 Å². The van der Waals surface area contributed by atoms with E-state index in [1.54, 1.807) is 0 Å². The largest absolute Gasteiger partial charge is 0.437 e. The summed E-state index contributed by atoms with van der Waals surface area (Å²) in [6, 6.07) is 18.3. The quantitative estimate of drug-likeness (QED) is 0.286. The molecule has 0 fully saturated rings. The number of aryl methyl sites for hydroxylation is 2. The second kappa shape index (κ2) is 6.48. The number of aromatic nitrogens is 2. The highest BCUT2D eigenvalue weighted by atomic mass is 19.1. The van der Waals surface area contributed by atoms with Gasteiger partial charge in [0.1, 0.15) is 12.9 Å². The molecule has 2 aromatic carbocycles. The summed E-state index contributed by atoms with van der Waals surface area (Å²) in [6.45, 7) is 1.84. The minimum Gasteiger partial charge on any atom is -0.437 e. The van der Waals surface area contributed by atoms with Crippen LogP contribution in [0.15, 0.2) is 71.3 Å². The number of pyridine rings is 2. The Bertz CT molecular complexity index is 1390. The van der Waals surface area contributed by atoms with Crippen molar-refractivity contribution in [2.75, 3.05) is 0 Å². The molecule has 0 atom stereocenters. The molecule has 0 amide bonds. The lowest BCUT2D eigenvalue weighted by atomic mass is 9.99. The number of benzene rings is 2. The highest BCUT2D eigenvalue weighted by Crippen LogP contribution is 2.38. The Balaban J connectivity index is 1.78. The molecule has 3 heterocycles. The minimum atomic E-state index is -0.659. The van der Waals surface area contributed by atoms with E-state index in [1.807, 2.05) is 55.1 Å². The first-order chi connectivity index (χ1) is 14.0. The van der Waals surface area contributed by atoms with Crippen LogP contribution in [0.2, 0.25) is 0 Å². The smallest absolute Gasteiger partial charge is 0.230 e. The predicted octanol–water partition coefficient (Wildman–Crippen LogP) is 5.73. The third-order valence-corrected chi connectivity index (χ3v) is 5.22. The zero-order chi connectivity index (χ0) is 20.1. The Kier molecular flexibility index (Phi) is 3.91. The topological polar surface area (TPSA) is 29.9 Å². The molecule has 0 radical (unpaired) electrons. The minimum absolute atomic E-state index is 0.0920. The van der Waals surface area contributed by atoms with Gasteiger partial charge in [-0.3, -0.25) is 0 Å². The molecule has 0 unspecified atom stereocenters. The first-order valence-corrected chi connectivity index (χ1v) is 9.26. The van der Waals surface area contributed by atoms with Crippen LogP contribution in [0.4, 0.5) is 8.78 Å². The van der Waals surface area contributed by atoms with E-state index < -0.39 is 11.8 Å². The van der Waals surface area contributed by atoms with Gasteiger partial charge in [0.2, 0.25) is 17.4 Å². The Morgan fingerprint density at radius 2 is 1.72 bits per heavy atom. The number of halogens is 2. The zero-order valence-corrected chi connectivity index (χ0v) is 15.9. The van der Waals surface area contributed by atoms with Crippen LogP contribution in [0.25, 0.3) is 44.5 Å². The van der Waals surface area contributed by atoms with Crippen molar-refractivity contribution in [2.45, 2.75) is 6.92 Å². The molecule has 0 spiro atoms. The van der Waals surface area contributed by atoms with Crippen LogP contribution in [0.3, 0.4) is 0 Å². The van der Waals surface area contributed by atoms with Gasteiger partial charge in [-0.2, -0.15) is 9.37 Å². The molecule has 3 aromatic heterocycles. The number of nitrogens with zero attached hydrogens (tertiary/aromatic N) is 2. The summed E-state index contributed by atoms with van der Waals surface area (Å²) >= 11 is 0. The normalized spacial score (nSPS) is 11.4. The summed E-state index contributed by atoms with van der Waals surface area (Å²) in [4.78, 5) is 3.79. The molecule has 0 N–H and O–H groups in total. The molecule has 5 heteroatoms. The molecule has 0 aliphatic rings. The Morgan fingerprint density at radius 1 is 0.931 bits per heavy atom. The van der Waals surface area contributed by atoms with Gasteiger partial charge in [-0.1, -0.05) is 30.3 Å². The number of rotatable bonds is 2. The Hall–Kier alpha value is -3.60. The molecule has 29 heavy (non-hydrogen) atoms. The summed E-state index contributed by atoms with van der Waals surface area (Å²) in [6.07, 6.45) is 2.03. The summed E-state index contributed by atoms with van der Waals surface area (Å²) in [5.41, 5.74) is 5.01. The van der Waals surface area contributed by atoms with Crippen molar-refractivity contribution in [1.82, 2.24) is 4.98 Å². The van der Waals surface area contributed by atoms with E-state index >= 15 is 0 Å².